The van der Waals surface area contributed by atoms with Crippen LogP contribution < -0.4 is 0 Å². The molecule has 2 fully saturated rings. The van der Waals surface area contributed by atoms with Gasteiger partial charge in [0.15, 0.2) is 5.82 Å². The lowest BCUT2D eigenvalue weighted by atomic mass is 9.96. The molecule has 2 aromatic rings. The Morgan fingerprint density at radius 1 is 1.10 bits per heavy atom. The fourth-order valence-corrected chi connectivity index (χ4v) is 4.45. The fourth-order valence-electron chi connectivity index (χ4n) is 4.45. The van der Waals surface area contributed by atoms with Gasteiger partial charge in [0, 0.05) is 50.8 Å². The summed E-state index contributed by atoms with van der Waals surface area (Å²) in [4.78, 5) is 29.1. The number of aryl methyl sites for hydroxylation is 1. The second kappa shape index (κ2) is 7.27. The summed E-state index contributed by atoms with van der Waals surface area (Å²) in [6.45, 7) is 6.15. The zero-order valence-electron chi connectivity index (χ0n) is 16.8. The van der Waals surface area contributed by atoms with Gasteiger partial charge in [0.05, 0.1) is 6.54 Å². The van der Waals surface area contributed by atoms with Gasteiger partial charge in [-0.3, -0.25) is 14.3 Å². The van der Waals surface area contributed by atoms with Crippen molar-refractivity contribution in [1.29, 1.82) is 0 Å². The zero-order valence-corrected chi connectivity index (χ0v) is 16.8. The summed E-state index contributed by atoms with van der Waals surface area (Å²) in [6.07, 6.45) is 5.83. The van der Waals surface area contributed by atoms with Crippen LogP contribution >= 0.6 is 0 Å². The highest BCUT2D eigenvalue weighted by atomic mass is 16.2. The van der Waals surface area contributed by atoms with Gasteiger partial charge in [-0.2, -0.15) is 5.10 Å². The Morgan fingerprint density at radius 3 is 2.72 bits per heavy atom. The maximum Gasteiger partial charge on any atom is 0.274 e. The molecule has 1 saturated carbocycles. The van der Waals surface area contributed by atoms with E-state index in [2.05, 4.69) is 19.9 Å². The van der Waals surface area contributed by atoms with Crippen molar-refractivity contribution in [2.75, 3.05) is 19.6 Å². The van der Waals surface area contributed by atoms with E-state index in [0.717, 1.165) is 63.5 Å². The molecule has 9 heteroatoms. The Morgan fingerprint density at radius 2 is 1.97 bits per heavy atom. The van der Waals surface area contributed by atoms with Crippen LogP contribution in [-0.4, -0.2) is 65.8 Å². The van der Waals surface area contributed by atoms with Crippen molar-refractivity contribution in [2.45, 2.75) is 58.2 Å². The molecule has 2 aromatic heterocycles. The normalized spacial score (nSPS) is 21.9. The predicted octanol–water partition coefficient (Wildman–Crippen LogP) is 1.27. The second-order valence-corrected chi connectivity index (χ2v) is 8.31. The maximum absolute atomic E-state index is 12.9. The minimum absolute atomic E-state index is 0.0125. The molecule has 0 N–H and O–H groups in total. The smallest absolute Gasteiger partial charge is 0.274 e. The van der Waals surface area contributed by atoms with Gasteiger partial charge in [-0.1, -0.05) is 0 Å². The molecule has 0 aromatic carbocycles. The number of fused-ring (bicyclic) bond motifs is 1. The van der Waals surface area contributed by atoms with E-state index >= 15 is 0 Å². The van der Waals surface area contributed by atoms with Gasteiger partial charge in [-0.15, -0.1) is 10.2 Å². The molecule has 1 unspecified atom stereocenters. The summed E-state index contributed by atoms with van der Waals surface area (Å²) in [5.41, 5.74) is 0.505. The van der Waals surface area contributed by atoms with E-state index in [4.69, 9.17) is 0 Å². The molecule has 3 aliphatic rings. The molecule has 5 rings (SSSR count). The van der Waals surface area contributed by atoms with E-state index in [1.807, 2.05) is 22.9 Å². The van der Waals surface area contributed by atoms with Crippen LogP contribution in [0.1, 0.15) is 60.7 Å². The Labute approximate surface area is 169 Å². The molecular weight excluding hydrogens is 370 g/mol. The third-order valence-electron chi connectivity index (χ3n) is 6.28. The average Bonchev–Trinajstić information content (AvgIpc) is 3.34. The summed E-state index contributed by atoms with van der Waals surface area (Å²) in [5.74, 6) is 2.48. The Balaban J connectivity index is 1.29. The molecule has 4 heterocycles. The van der Waals surface area contributed by atoms with Crippen molar-refractivity contribution >= 4 is 11.8 Å². The second-order valence-electron chi connectivity index (χ2n) is 8.31. The topological polar surface area (TPSA) is 89.2 Å². The first-order chi connectivity index (χ1) is 14.1. The minimum Gasteiger partial charge on any atom is -0.337 e. The van der Waals surface area contributed by atoms with Crippen molar-refractivity contribution in [1.82, 2.24) is 34.3 Å². The number of carbonyl (C=O) groups excluding carboxylic acids is 2. The summed E-state index contributed by atoms with van der Waals surface area (Å²) in [5, 5.41) is 13.2. The number of piperidine rings is 1. The molecule has 0 radical (unpaired) electrons. The van der Waals surface area contributed by atoms with Gasteiger partial charge in [-0.05, 0) is 38.7 Å². The third-order valence-corrected chi connectivity index (χ3v) is 6.28. The Bertz CT molecular complexity index is 929. The quantitative estimate of drug-likeness (QED) is 0.775. The molecule has 2 aliphatic heterocycles. The number of amides is 2. The SMILES string of the molecule is CCn1ccc(C(=O)N2CCCC(c3nnc4n3CCN(C(=O)C3CC3)C4)C2)n1. The molecule has 0 bridgehead atoms. The van der Waals surface area contributed by atoms with Crippen LogP contribution in [0.3, 0.4) is 0 Å². The highest BCUT2D eigenvalue weighted by molar-refractivity contribution is 5.92. The van der Waals surface area contributed by atoms with E-state index in [9.17, 15) is 9.59 Å². The highest BCUT2D eigenvalue weighted by Crippen LogP contribution is 2.33. The van der Waals surface area contributed by atoms with Crippen LogP contribution in [0, 0.1) is 5.92 Å². The molecule has 154 valence electrons. The predicted molar refractivity (Wildman–Crippen MR) is 104 cm³/mol. The molecule has 29 heavy (non-hydrogen) atoms. The van der Waals surface area contributed by atoms with Gasteiger partial charge in [0.25, 0.3) is 5.91 Å². The minimum atomic E-state index is -0.0125. The van der Waals surface area contributed by atoms with Gasteiger partial charge < -0.3 is 14.4 Å². The lowest BCUT2D eigenvalue weighted by molar-refractivity contribution is -0.134. The van der Waals surface area contributed by atoms with E-state index in [-0.39, 0.29) is 23.7 Å². The van der Waals surface area contributed by atoms with Gasteiger partial charge >= 0.3 is 0 Å². The number of hydrogen-bond acceptors (Lipinski definition) is 5. The number of rotatable bonds is 4. The average molecular weight is 397 g/mol. The zero-order chi connectivity index (χ0) is 20.0. The number of likely N-dealkylation sites (tertiary alicyclic amines) is 1. The van der Waals surface area contributed by atoms with Crippen LogP contribution in [0.5, 0.6) is 0 Å². The summed E-state index contributed by atoms with van der Waals surface area (Å²) in [7, 11) is 0. The maximum atomic E-state index is 12.9. The molecule has 1 atom stereocenters. The van der Waals surface area contributed by atoms with E-state index < -0.39 is 0 Å². The molecule has 1 saturated heterocycles. The first-order valence-electron chi connectivity index (χ1n) is 10.7. The monoisotopic (exact) mass is 397 g/mol. The van der Waals surface area contributed by atoms with Crippen molar-refractivity contribution in [3.63, 3.8) is 0 Å². The number of aromatic nitrogens is 5. The highest BCUT2D eigenvalue weighted by Gasteiger charge is 2.37. The molecule has 0 spiro atoms. The van der Waals surface area contributed by atoms with Crippen molar-refractivity contribution in [2.24, 2.45) is 5.92 Å². The standard InChI is InChI=1S/C20H27N7O2/c1-2-26-9-7-16(23-26)20(29)24-8-3-4-15(12-24)18-22-21-17-13-25(10-11-27(17)18)19(28)14-5-6-14/h7,9,14-15H,2-6,8,10-13H2,1H3. The fraction of sp³-hybridized carbons (Fsp3) is 0.650. The first-order valence-corrected chi connectivity index (χ1v) is 10.7. The van der Waals surface area contributed by atoms with Crippen LogP contribution in [0.25, 0.3) is 0 Å². The number of carbonyl (C=O) groups is 2. The van der Waals surface area contributed by atoms with Gasteiger partial charge in [-0.25, -0.2) is 0 Å². The molecule has 1 aliphatic carbocycles. The summed E-state index contributed by atoms with van der Waals surface area (Å²) >= 11 is 0. The van der Waals surface area contributed by atoms with Crippen LogP contribution in [0.2, 0.25) is 0 Å². The van der Waals surface area contributed by atoms with Crippen LogP contribution in [-0.2, 0) is 24.4 Å². The van der Waals surface area contributed by atoms with Crippen molar-refractivity contribution < 1.29 is 9.59 Å². The summed E-state index contributed by atoms with van der Waals surface area (Å²) < 4.78 is 3.94. The van der Waals surface area contributed by atoms with E-state index in [1.54, 1.807) is 10.7 Å². The van der Waals surface area contributed by atoms with Gasteiger partial charge in [0.1, 0.15) is 11.5 Å². The third kappa shape index (κ3) is 3.42. The van der Waals surface area contributed by atoms with Crippen LogP contribution in [0.15, 0.2) is 12.3 Å². The number of hydrogen-bond donors (Lipinski definition) is 0. The van der Waals surface area contributed by atoms with E-state index in [1.165, 1.54) is 0 Å². The lowest BCUT2D eigenvalue weighted by Gasteiger charge is -2.33. The van der Waals surface area contributed by atoms with Gasteiger partial charge in [0.2, 0.25) is 5.91 Å². The Hall–Kier alpha value is -2.71. The van der Waals surface area contributed by atoms with Crippen molar-refractivity contribution in [3.8, 4) is 0 Å². The molecular formula is C20H27N7O2. The molecule has 9 nitrogen and oxygen atoms in total. The lowest BCUT2D eigenvalue weighted by Crippen LogP contribution is -2.42. The Kier molecular flexibility index (Phi) is 4.60. The van der Waals surface area contributed by atoms with E-state index in [0.29, 0.717) is 18.8 Å². The largest absolute Gasteiger partial charge is 0.337 e. The van der Waals surface area contributed by atoms with Crippen LogP contribution in [0.4, 0.5) is 0 Å². The van der Waals surface area contributed by atoms with Crippen molar-refractivity contribution in [3.05, 3.63) is 29.6 Å². The molecule has 2 amide bonds. The first kappa shape index (κ1) is 18.3. The number of nitrogens with zero attached hydrogens (tertiary/aromatic N) is 7. The summed E-state index contributed by atoms with van der Waals surface area (Å²) in [6, 6.07) is 1.79.